The molecule has 0 rings (SSSR count). The smallest absolute Gasteiger partial charge is 0.0293 e. The summed E-state index contributed by atoms with van der Waals surface area (Å²) in [6.07, 6.45) is 3.69. The van der Waals surface area contributed by atoms with E-state index in [1.54, 1.807) is 0 Å². The van der Waals surface area contributed by atoms with E-state index >= 15 is 0 Å². The molecule has 0 aliphatic heterocycles. The highest BCUT2D eigenvalue weighted by Crippen LogP contribution is 2.36. The zero-order chi connectivity index (χ0) is 11.2. The van der Waals surface area contributed by atoms with Gasteiger partial charge in [0.05, 0.1) is 0 Å². The van der Waals surface area contributed by atoms with E-state index in [4.69, 9.17) is 23.2 Å². The zero-order valence-electron chi connectivity index (χ0n) is 9.95. The largest absolute Gasteiger partial charge is 0.126 e. The van der Waals surface area contributed by atoms with Crippen LogP contribution >= 0.6 is 23.2 Å². The van der Waals surface area contributed by atoms with Gasteiger partial charge < -0.3 is 0 Å². The van der Waals surface area contributed by atoms with Crippen molar-refractivity contribution in [3.05, 3.63) is 0 Å². The summed E-state index contributed by atoms with van der Waals surface area (Å²) in [6, 6.07) is 0. The van der Waals surface area contributed by atoms with Crippen LogP contribution < -0.4 is 0 Å². The molecule has 0 aliphatic carbocycles. The van der Waals surface area contributed by atoms with Crippen LogP contribution in [-0.2, 0) is 0 Å². The van der Waals surface area contributed by atoms with Crippen molar-refractivity contribution in [3.8, 4) is 0 Å². The summed E-state index contributed by atoms with van der Waals surface area (Å²) in [5.74, 6) is 2.73. The summed E-state index contributed by atoms with van der Waals surface area (Å²) in [4.78, 5) is 0. The predicted molar refractivity (Wildman–Crippen MR) is 67.4 cm³/mol. The van der Waals surface area contributed by atoms with Gasteiger partial charge >= 0.3 is 0 Å². The van der Waals surface area contributed by atoms with Gasteiger partial charge in [-0.2, -0.15) is 0 Å². The highest BCUT2D eigenvalue weighted by molar-refractivity contribution is 6.21. The molecule has 14 heavy (non-hydrogen) atoms. The minimum atomic E-state index is 0.151. The van der Waals surface area contributed by atoms with Crippen molar-refractivity contribution in [2.45, 2.75) is 47.0 Å². The highest BCUT2D eigenvalue weighted by atomic mass is 35.5. The summed E-state index contributed by atoms with van der Waals surface area (Å²) in [5.41, 5.74) is 0.151. The maximum atomic E-state index is 6.05. The van der Waals surface area contributed by atoms with Gasteiger partial charge in [0.15, 0.2) is 0 Å². The Morgan fingerprint density at radius 1 is 1.00 bits per heavy atom. The standard InChI is InChI=1S/C12H24Cl2/c1-10(2)6-5-7-12(8-13,9-14)11(3)4/h10-11H,5-9H2,1-4H3. The SMILES string of the molecule is CC(C)CCCC(CCl)(CCl)C(C)C. The highest BCUT2D eigenvalue weighted by Gasteiger charge is 2.31. The summed E-state index contributed by atoms with van der Waals surface area (Å²) in [6.45, 7) is 8.97. The van der Waals surface area contributed by atoms with Gasteiger partial charge in [0.1, 0.15) is 0 Å². The van der Waals surface area contributed by atoms with Crippen LogP contribution in [0, 0.1) is 17.3 Å². The molecule has 0 N–H and O–H groups in total. The number of hydrogen-bond acceptors (Lipinski definition) is 0. The molecular weight excluding hydrogens is 215 g/mol. The number of hydrogen-bond donors (Lipinski definition) is 0. The van der Waals surface area contributed by atoms with Crippen molar-refractivity contribution < 1.29 is 0 Å². The fraction of sp³-hybridized carbons (Fsp3) is 1.00. The fourth-order valence-electron chi connectivity index (χ4n) is 1.63. The van der Waals surface area contributed by atoms with Gasteiger partial charge in [0.2, 0.25) is 0 Å². The van der Waals surface area contributed by atoms with Crippen LogP contribution in [0.25, 0.3) is 0 Å². The van der Waals surface area contributed by atoms with Crippen molar-refractivity contribution in [1.82, 2.24) is 0 Å². The third-order valence-corrected chi connectivity index (χ3v) is 4.28. The maximum absolute atomic E-state index is 6.05. The van der Waals surface area contributed by atoms with Crippen molar-refractivity contribution in [2.75, 3.05) is 11.8 Å². The van der Waals surface area contributed by atoms with Crippen molar-refractivity contribution in [1.29, 1.82) is 0 Å². The first-order valence-corrected chi connectivity index (χ1v) is 6.67. The third kappa shape index (κ3) is 4.40. The summed E-state index contributed by atoms with van der Waals surface area (Å²) < 4.78 is 0. The van der Waals surface area contributed by atoms with Crippen molar-refractivity contribution in [2.24, 2.45) is 17.3 Å². The summed E-state index contributed by atoms with van der Waals surface area (Å²) in [5, 5.41) is 0. The van der Waals surface area contributed by atoms with E-state index in [9.17, 15) is 0 Å². The van der Waals surface area contributed by atoms with Crippen molar-refractivity contribution in [3.63, 3.8) is 0 Å². The molecule has 0 aliphatic rings. The molecule has 86 valence electrons. The first-order chi connectivity index (χ1) is 6.48. The average molecular weight is 239 g/mol. The molecule has 0 saturated carbocycles. The van der Waals surface area contributed by atoms with E-state index in [2.05, 4.69) is 27.7 Å². The van der Waals surface area contributed by atoms with Gasteiger partial charge in [0, 0.05) is 11.8 Å². The molecule has 0 saturated heterocycles. The van der Waals surface area contributed by atoms with Gasteiger partial charge in [-0.1, -0.05) is 40.5 Å². The molecule has 0 aromatic carbocycles. The van der Waals surface area contributed by atoms with Crippen LogP contribution in [0.2, 0.25) is 0 Å². The molecule has 0 spiro atoms. The lowest BCUT2D eigenvalue weighted by molar-refractivity contribution is 0.228. The Labute approximate surface area is 99.4 Å². The Balaban J connectivity index is 4.08. The van der Waals surface area contributed by atoms with E-state index in [-0.39, 0.29) is 5.41 Å². The quantitative estimate of drug-likeness (QED) is 0.552. The second-order valence-corrected chi connectivity index (χ2v) is 5.60. The number of rotatable bonds is 7. The second-order valence-electron chi connectivity index (χ2n) is 5.07. The predicted octanol–water partition coefficient (Wildman–Crippen LogP) is 4.93. The Hall–Kier alpha value is 0.580. The summed E-state index contributed by atoms with van der Waals surface area (Å²) in [7, 11) is 0. The molecule has 0 heterocycles. The molecule has 0 nitrogen and oxygen atoms in total. The molecular formula is C12H24Cl2. The molecule has 0 aromatic heterocycles. The molecule has 2 heteroatoms. The maximum Gasteiger partial charge on any atom is 0.0293 e. The zero-order valence-corrected chi connectivity index (χ0v) is 11.5. The van der Waals surface area contributed by atoms with E-state index in [1.807, 2.05) is 0 Å². The van der Waals surface area contributed by atoms with Gasteiger partial charge in [-0.3, -0.25) is 0 Å². The van der Waals surface area contributed by atoms with Gasteiger partial charge in [-0.15, -0.1) is 23.2 Å². The minimum Gasteiger partial charge on any atom is -0.126 e. The molecule has 0 aromatic rings. The van der Waals surface area contributed by atoms with Gasteiger partial charge in [-0.05, 0) is 23.7 Å². The lowest BCUT2D eigenvalue weighted by Gasteiger charge is -2.34. The Morgan fingerprint density at radius 2 is 1.50 bits per heavy atom. The molecule has 0 unspecified atom stereocenters. The van der Waals surface area contributed by atoms with E-state index in [0.29, 0.717) is 17.7 Å². The number of alkyl halides is 2. The molecule has 0 fully saturated rings. The van der Waals surface area contributed by atoms with Crippen LogP contribution in [0.1, 0.15) is 47.0 Å². The topological polar surface area (TPSA) is 0 Å². The molecule has 0 atom stereocenters. The molecule has 0 radical (unpaired) electrons. The minimum absolute atomic E-state index is 0.151. The van der Waals surface area contributed by atoms with E-state index in [0.717, 1.165) is 12.3 Å². The van der Waals surface area contributed by atoms with Crippen LogP contribution in [0.4, 0.5) is 0 Å². The number of halogens is 2. The van der Waals surface area contributed by atoms with Gasteiger partial charge in [0.25, 0.3) is 0 Å². The first-order valence-electron chi connectivity index (χ1n) is 5.60. The average Bonchev–Trinajstić information content (AvgIpc) is 2.12. The van der Waals surface area contributed by atoms with Crippen molar-refractivity contribution >= 4 is 23.2 Å². The Kier molecular flexibility index (Phi) is 7.24. The van der Waals surface area contributed by atoms with E-state index < -0.39 is 0 Å². The molecule has 0 bridgehead atoms. The van der Waals surface area contributed by atoms with Crippen LogP contribution in [0.5, 0.6) is 0 Å². The second kappa shape index (κ2) is 6.95. The van der Waals surface area contributed by atoms with Gasteiger partial charge in [-0.25, -0.2) is 0 Å². The van der Waals surface area contributed by atoms with E-state index in [1.165, 1.54) is 12.8 Å². The van der Waals surface area contributed by atoms with Crippen LogP contribution in [0.3, 0.4) is 0 Å². The fourth-order valence-corrected chi connectivity index (χ4v) is 2.80. The lowest BCUT2D eigenvalue weighted by Crippen LogP contribution is -2.31. The Morgan fingerprint density at radius 3 is 1.79 bits per heavy atom. The summed E-state index contributed by atoms with van der Waals surface area (Å²) >= 11 is 12.1. The van der Waals surface area contributed by atoms with Crippen LogP contribution in [-0.4, -0.2) is 11.8 Å². The first kappa shape index (κ1) is 14.6. The monoisotopic (exact) mass is 238 g/mol. The lowest BCUT2D eigenvalue weighted by atomic mass is 9.76. The third-order valence-electron chi connectivity index (χ3n) is 3.21. The van der Waals surface area contributed by atoms with Crippen LogP contribution in [0.15, 0.2) is 0 Å². The molecule has 0 amide bonds. The normalized spacial score (nSPS) is 12.9. The Bertz CT molecular complexity index is 137.